The molecule has 1 aliphatic rings. The standard InChI is InChI=1S/C17H20F3N5O/c1-11-7-21-6-5-13(11)22-16(26)24(2)8-12-3-4-15-23-14(17(18,19)20)10-25(15)9-12/h5-7,10,12H,3-4,8-9H2,1-2H3,(H,21,22,26)/t12-/m0/s1. The lowest BCUT2D eigenvalue weighted by atomic mass is 9.99. The molecule has 0 saturated carbocycles. The Bertz CT molecular complexity index is 802. The third-order valence-electron chi connectivity index (χ3n) is 4.52. The number of hydrogen-bond donors (Lipinski definition) is 1. The van der Waals surface area contributed by atoms with Crippen molar-refractivity contribution in [3.8, 4) is 0 Å². The van der Waals surface area contributed by atoms with Crippen LogP contribution < -0.4 is 5.32 Å². The molecular weight excluding hydrogens is 347 g/mol. The number of pyridine rings is 1. The number of aromatic nitrogens is 3. The van der Waals surface area contributed by atoms with Crippen molar-refractivity contribution in [2.75, 3.05) is 18.9 Å². The number of carbonyl (C=O) groups is 1. The predicted molar refractivity (Wildman–Crippen MR) is 89.7 cm³/mol. The summed E-state index contributed by atoms with van der Waals surface area (Å²) in [6.07, 6.45) is 1.05. The highest BCUT2D eigenvalue weighted by molar-refractivity contribution is 5.89. The van der Waals surface area contributed by atoms with Gasteiger partial charge >= 0.3 is 12.2 Å². The molecule has 3 rings (SSSR count). The van der Waals surface area contributed by atoms with Crippen molar-refractivity contribution in [1.82, 2.24) is 19.4 Å². The lowest BCUT2D eigenvalue weighted by Gasteiger charge is -2.28. The van der Waals surface area contributed by atoms with Crippen molar-refractivity contribution >= 4 is 11.7 Å². The molecule has 1 N–H and O–H groups in total. The van der Waals surface area contributed by atoms with Crippen molar-refractivity contribution in [3.05, 3.63) is 41.7 Å². The fraction of sp³-hybridized carbons (Fsp3) is 0.471. The summed E-state index contributed by atoms with van der Waals surface area (Å²) in [5.41, 5.74) is 0.689. The van der Waals surface area contributed by atoms with Crippen LogP contribution in [0.2, 0.25) is 0 Å². The first kappa shape index (κ1) is 18.2. The van der Waals surface area contributed by atoms with E-state index in [1.807, 2.05) is 6.92 Å². The van der Waals surface area contributed by atoms with Crippen LogP contribution in [-0.4, -0.2) is 39.1 Å². The summed E-state index contributed by atoms with van der Waals surface area (Å²) in [5.74, 6) is 0.528. The molecule has 2 amide bonds. The summed E-state index contributed by atoms with van der Waals surface area (Å²) in [7, 11) is 1.68. The molecule has 2 aromatic heterocycles. The number of anilines is 1. The number of rotatable bonds is 3. The van der Waals surface area contributed by atoms with Crippen molar-refractivity contribution in [2.45, 2.75) is 32.5 Å². The number of nitrogens with one attached hydrogen (secondary N) is 1. The number of imidazole rings is 1. The Morgan fingerprint density at radius 3 is 2.92 bits per heavy atom. The Morgan fingerprint density at radius 1 is 1.46 bits per heavy atom. The van der Waals surface area contributed by atoms with Crippen LogP contribution in [0.25, 0.3) is 0 Å². The number of nitrogens with zero attached hydrogens (tertiary/aromatic N) is 4. The minimum absolute atomic E-state index is 0.0760. The van der Waals surface area contributed by atoms with Gasteiger partial charge in [0.05, 0.1) is 0 Å². The molecule has 3 heterocycles. The van der Waals surface area contributed by atoms with Gasteiger partial charge in [-0.05, 0) is 30.9 Å². The summed E-state index contributed by atoms with van der Waals surface area (Å²) in [6.45, 7) is 2.72. The molecule has 26 heavy (non-hydrogen) atoms. The monoisotopic (exact) mass is 367 g/mol. The van der Waals surface area contributed by atoms with Crippen molar-refractivity contribution in [2.24, 2.45) is 5.92 Å². The van der Waals surface area contributed by atoms with Gasteiger partial charge < -0.3 is 14.8 Å². The maximum Gasteiger partial charge on any atom is 0.434 e. The molecule has 1 aliphatic heterocycles. The van der Waals surface area contributed by atoms with Gasteiger partial charge in [-0.1, -0.05) is 0 Å². The molecule has 0 unspecified atom stereocenters. The second-order valence-corrected chi connectivity index (χ2v) is 6.60. The zero-order valence-corrected chi connectivity index (χ0v) is 14.5. The zero-order valence-electron chi connectivity index (χ0n) is 14.5. The normalized spacial score (nSPS) is 16.9. The lowest BCUT2D eigenvalue weighted by molar-refractivity contribution is -0.141. The van der Waals surface area contributed by atoms with Gasteiger partial charge in [0.25, 0.3) is 0 Å². The largest absolute Gasteiger partial charge is 0.434 e. The van der Waals surface area contributed by atoms with Gasteiger partial charge in [-0.25, -0.2) is 9.78 Å². The van der Waals surface area contributed by atoms with E-state index >= 15 is 0 Å². The number of carbonyl (C=O) groups excluding carboxylic acids is 1. The number of aryl methyl sites for hydroxylation is 2. The van der Waals surface area contributed by atoms with Crippen LogP contribution in [0.5, 0.6) is 0 Å². The number of fused-ring (bicyclic) bond motifs is 1. The fourth-order valence-corrected chi connectivity index (χ4v) is 3.09. The Kier molecular flexibility index (Phi) is 4.88. The van der Waals surface area contributed by atoms with E-state index in [1.54, 1.807) is 35.0 Å². The van der Waals surface area contributed by atoms with Crippen molar-refractivity contribution in [3.63, 3.8) is 0 Å². The molecule has 6 nitrogen and oxygen atoms in total. The quantitative estimate of drug-likeness (QED) is 0.905. The Labute approximate surface area is 149 Å². The smallest absolute Gasteiger partial charge is 0.334 e. The molecule has 2 aromatic rings. The van der Waals surface area contributed by atoms with Gasteiger partial charge in [-0.2, -0.15) is 13.2 Å². The second kappa shape index (κ2) is 6.97. The highest BCUT2D eigenvalue weighted by Gasteiger charge is 2.36. The SMILES string of the molecule is Cc1cnccc1NC(=O)N(C)C[C@@H]1CCc2nc(C(F)(F)F)cn2C1. The van der Waals surface area contributed by atoms with E-state index in [4.69, 9.17) is 0 Å². The Balaban J connectivity index is 1.60. The van der Waals surface area contributed by atoms with Crippen LogP contribution in [0.3, 0.4) is 0 Å². The van der Waals surface area contributed by atoms with Crippen LogP contribution in [0, 0.1) is 12.8 Å². The van der Waals surface area contributed by atoms with Gasteiger partial charge in [0.2, 0.25) is 0 Å². The minimum atomic E-state index is -4.43. The Hall–Kier alpha value is -2.58. The predicted octanol–water partition coefficient (Wildman–Crippen LogP) is 3.33. The molecule has 0 radical (unpaired) electrons. The van der Waals surface area contributed by atoms with Gasteiger partial charge in [-0.3, -0.25) is 4.98 Å². The Morgan fingerprint density at radius 2 is 2.23 bits per heavy atom. The third-order valence-corrected chi connectivity index (χ3v) is 4.52. The molecule has 0 aliphatic carbocycles. The van der Waals surface area contributed by atoms with Gasteiger partial charge in [0.15, 0.2) is 5.69 Å². The number of urea groups is 1. The first-order valence-electron chi connectivity index (χ1n) is 8.30. The molecule has 0 spiro atoms. The summed E-state index contributed by atoms with van der Waals surface area (Å²) in [5, 5.41) is 2.82. The fourth-order valence-electron chi connectivity index (χ4n) is 3.09. The molecule has 140 valence electrons. The molecule has 0 fully saturated rings. The van der Waals surface area contributed by atoms with Crippen LogP contribution in [0.4, 0.5) is 23.7 Å². The summed E-state index contributed by atoms with van der Waals surface area (Å²) in [6, 6.07) is 1.46. The number of halogens is 3. The average molecular weight is 367 g/mol. The molecule has 0 bridgehead atoms. The molecule has 0 aromatic carbocycles. The van der Waals surface area contributed by atoms with E-state index in [1.165, 1.54) is 0 Å². The number of alkyl halides is 3. The molecule has 9 heteroatoms. The first-order valence-corrected chi connectivity index (χ1v) is 8.30. The minimum Gasteiger partial charge on any atom is -0.334 e. The third kappa shape index (κ3) is 3.97. The van der Waals surface area contributed by atoms with Crippen LogP contribution in [-0.2, 0) is 19.1 Å². The molecule has 0 saturated heterocycles. The number of hydrogen-bond acceptors (Lipinski definition) is 3. The van der Waals surface area contributed by atoms with Crippen LogP contribution in [0.1, 0.15) is 23.5 Å². The maximum atomic E-state index is 12.8. The summed E-state index contributed by atoms with van der Waals surface area (Å²) in [4.78, 5) is 21.6. The van der Waals surface area contributed by atoms with Crippen molar-refractivity contribution < 1.29 is 18.0 Å². The number of amides is 2. The van der Waals surface area contributed by atoms with Crippen molar-refractivity contribution in [1.29, 1.82) is 0 Å². The lowest BCUT2D eigenvalue weighted by Crippen LogP contribution is -2.38. The van der Waals surface area contributed by atoms with E-state index < -0.39 is 11.9 Å². The van der Waals surface area contributed by atoms with E-state index in [2.05, 4.69) is 15.3 Å². The van der Waals surface area contributed by atoms with Gasteiger partial charge in [-0.15, -0.1) is 0 Å². The van der Waals surface area contributed by atoms with Crippen LogP contribution in [0.15, 0.2) is 24.7 Å². The highest BCUT2D eigenvalue weighted by Crippen LogP contribution is 2.30. The summed E-state index contributed by atoms with van der Waals surface area (Å²) >= 11 is 0. The molecule has 1 atom stereocenters. The summed E-state index contributed by atoms with van der Waals surface area (Å²) < 4.78 is 39.9. The van der Waals surface area contributed by atoms with E-state index in [-0.39, 0.29) is 11.9 Å². The first-order chi connectivity index (χ1) is 12.2. The zero-order chi connectivity index (χ0) is 18.9. The van der Waals surface area contributed by atoms with Crippen LogP contribution >= 0.6 is 0 Å². The van der Waals surface area contributed by atoms with E-state index in [9.17, 15) is 18.0 Å². The average Bonchev–Trinajstić information content (AvgIpc) is 3.00. The van der Waals surface area contributed by atoms with E-state index in [0.717, 1.165) is 11.8 Å². The second-order valence-electron chi connectivity index (χ2n) is 6.60. The maximum absolute atomic E-state index is 12.8. The topological polar surface area (TPSA) is 63.1 Å². The molecular formula is C17H20F3N5O. The van der Waals surface area contributed by atoms with Gasteiger partial charge in [0.1, 0.15) is 5.82 Å². The van der Waals surface area contributed by atoms with E-state index in [0.29, 0.717) is 37.4 Å². The highest BCUT2D eigenvalue weighted by atomic mass is 19.4. The van der Waals surface area contributed by atoms with Gasteiger partial charge in [0, 0.05) is 50.8 Å².